The first-order valence-corrected chi connectivity index (χ1v) is 13.8. The molecule has 0 bridgehead atoms. The molecule has 0 unspecified atom stereocenters. The number of alkyl halides is 2. The molecule has 1 spiro atoms. The Morgan fingerprint density at radius 3 is 2.76 bits per heavy atom. The lowest BCUT2D eigenvalue weighted by atomic mass is 9.84. The van der Waals surface area contributed by atoms with Gasteiger partial charge >= 0.3 is 0 Å². The van der Waals surface area contributed by atoms with Crippen LogP contribution in [-0.2, 0) is 34.1 Å². The molecule has 6 rings (SSSR count). The monoisotopic (exact) mass is 547 g/mol. The predicted octanol–water partition coefficient (Wildman–Crippen LogP) is 5.03. The molecule has 3 aromatic rings. The second-order valence-corrected chi connectivity index (χ2v) is 11.8. The van der Waals surface area contributed by atoms with Crippen molar-refractivity contribution < 1.29 is 18.3 Å². The molecular weight excluding hydrogens is 520 g/mol. The van der Waals surface area contributed by atoms with Gasteiger partial charge in [0.05, 0.1) is 10.0 Å². The van der Waals surface area contributed by atoms with Crippen LogP contribution in [0.5, 0.6) is 0 Å². The van der Waals surface area contributed by atoms with Gasteiger partial charge in [-0.2, -0.15) is 13.9 Å². The minimum Gasteiger partial charge on any atom is -0.363 e. The van der Waals surface area contributed by atoms with E-state index >= 15 is 0 Å². The number of likely N-dealkylation sites (tertiary alicyclic amines) is 2. The highest BCUT2D eigenvalue weighted by molar-refractivity contribution is 7.16. The number of amides is 1. The van der Waals surface area contributed by atoms with Crippen LogP contribution in [-0.4, -0.2) is 56.7 Å². The molecule has 0 aromatic carbocycles. The number of ether oxygens (including phenoxy) is 1. The number of pyridine rings is 1. The van der Waals surface area contributed by atoms with Gasteiger partial charge in [0.25, 0.3) is 5.92 Å². The van der Waals surface area contributed by atoms with E-state index < -0.39 is 18.1 Å². The standard InChI is InChI=1S/C26H28ClF2N5O2S/c1-17-19(15-34(31-17)24-18(4-2-8-30-24)14-33-9-3-5-22(33)35)13-32-10-6-25(7-11-32)23-20(12-21(27)37-23)26(28,29)16-36-25/h2,4,8,12,15H,3,5-7,9-11,13-14,16H2,1H3. The van der Waals surface area contributed by atoms with Crippen LogP contribution in [0.1, 0.15) is 52.9 Å². The van der Waals surface area contributed by atoms with Gasteiger partial charge < -0.3 is 9.64 Å². The van der Waals surface area contributed by atoms with Crippen molar-refractivity contribution in [2.24, 2.45) is 0 Å². The molecular formula is C26H28ClF2N5O2S. The topological polar surface area (TPSA) is 63.5 Å². The fraction of sp³-hybridized carbons (Fsp3) is 0.500. The summed E-state index contributed by atoms with van der Waals surface area (Å²) in [7, 11) is 0. The van der Waals surface area contributed by atoms with Crippen LogP contribution < -0.4 is 0 Å². The van der Waals surface area contributed by atoms with E-state index in [1.807, 2.05) is 30.2 Å². The summed E-state index contributed by atoms with van der Waals surface area (Å²) < 4.78 is 36.9. The fourth-order valence-electron chi connectivity index (χ4n) is 5.62. The van der Waals surface area contributed by atoms with Crippen LogP contribution in [0, 0.1) is 6.92 Å². The molecule has 196 valence electrons. The molecule has 2 saturated heterocycles. The van der Waals surface area contributed by atoms with Crippen molar-refractivity contribution in [2.45, 2.75) is 57.2 Å². The highest BCUT2D eigenvalue weighted by atomic mass is 35.5. The number of aryl methyl sites for hydroxylation is 1. The summed E-state index contributed by atoms with van der Waals surface area (Å²) in [5.41, 5.74) is 2.29. The summed E-state index contributed by atoms with van der Waals surface area (Å²) in [6, 6.07) is 5.28. The number of hydrogen-bond donors (Lipinski definition) is 0. The van der Waals surface area contributed by atoms with Crippen molar-refractivity contribution in [1.82, 2.24) is 24.6 Å². The first kappa shape index (κ1) is 24.9. The number of fused-ring (bicyclic) bond motifs is 2. The zero-order valence-electron chi connectivity index (χ0n) is 20.6. The van der Waals surface area contributed by atoms with E-state index in [1.54, 1.807) is 10.9 Å². The number of aromatic nitrogens is 3. The van der Waals surface area contributed by atoms with E-state index in [4.69, 9.17) is 21.4 Å². The lowest BCUT2D eigenvalue weighted by molar-refractivity contribution is -0.182. The molecule has 0 radical (unpaired) electrons. The minimum absolute atomic E-state index is 0.0288. The highest BCUT2D eigenvalue weighted by Gasteiger charge is 2.51. The van der Waals surface area contributed by atoms with Crippen molar-refractivity contribution in [3.8, 4) is 5.82 Å². The van der Waals surface area contributed by atoms with E-state index in [0.717, 1.165) is 48.7 Å². The molecule has 0 aliphatic carbocycles. The number of rotatable bonds is 5. The number of piperidine rings is 1. The van der Waals surface area contributed by atoms with E-state index in [1.165, 1.54) is 17.4 Å². The molecule has 0 atom stereocenters. The quantitative estimate of drug-likeness (QED) is 0.448. The number of carbonyl (C=O) groups is 1. The Morgan fingerprint density at radius 1 is 1.19 bits per heavy atom. The van der Waals surface area contributed by atoms with Gasteiger partial charge in [0, 0.05) is 73.1 Å². The molecule has 37 heavy (non-hydrogen) atoms. The number of thiophene rings is 1. The van der Waals surface area contributed by atoms with Gasteiger partial charge in [-0.3, -0.25) is 9.69 Å². The average molecular weight is 548 g/mol. The summed E-state index contributed by atoms with van der Waals surface area (Å²) in [5.74, 6) is -2.09. The minimum atomic E-state index is -3.00. The average Bonchev–Trinajstić information content (AvgIpc) is 3.58. The lowest BCUT2D eigenvalue weighted by Gasteiger charge is -2.45. The van der Waals surface area contributed by atoms with Crippen LogP contribution in [0.15, 0.2) is 30.6 Å². The summed E-state index contributed by atoms with van der Waals surface area (Å²) in [6.45, 7) is 4.81. The maximum Gasteiger partial charge on any atom is 0.297 e. The molecule has 2 fully saturated rings. The van der Waals surface area contributed by atoms with E-state index in [9.17, 15) is 13.6 Å². The first-order chi connectivity index (χ1) is 17.7. The molecule has 0 N–H and O–H groups in total. The number of hydrogen-bond acceptors (Lipinski definition) is 6. The van der Waals surface area contributed by atoms with Crippen molar-refractivity contribution in [3.63, 3.8) is 0 Å². The van der Waals surface area contributed by atoms with Gasteiger partial charge in [0.1, 0.15) is 12.2 Å². The maximum atomic E-state index is 14.4. The van der Waals surface area contributed by atoms with Gasteiger partial charge in [0.15, 0.2) is 5.82 Å². The SMILES string of the molecule is Cc1nn(-c2ncccc2CN2CCCC2=O)cc1CN1CCC2(CC1)OCC(F)(F)c1cc(Cl)sc12. The maximum absolute atomic E-state index is 14.4. The predicted molar refractivity (Wildman–Crippen MR) is 136 cm³/mol. The first-order valence-electron chi connectivity index (χ1n) is 12.6. The van der Waals surface area contributed by atoms with Crippen LogP contribution in [0.2, 0.25) is 4.34 Å². The summed E-state index contributed by atoms with van der Waals surface area (Å²) in [4.78, 5) is 21.5. The van der Waals surface area contributed by atoms with Gasteiger partial charge in [0.2, 0.25) is 5.91 Å². The van der Waals surface area contributed by atoms with Gasteiger partial charge in [-0.25, -0.2) is 9.67 Å². The Bertz CT molecular complexity index is 1330. The molecule has 11 heteroatoms. The Kier molecular flexibility index (Phi) is 6.34. The lowest BCUT2D eigenvalue weighted by Crippen LogP contribution is -2.48. The van der Waals surface area contributed by atoms with Crippen LogP contribution >= 0.6 is 22.9 Å². The van der Waals surface area contributed by atoms with Crippen molar-refractivity contribution in [2.75, 3.05) is 26.2 Å². The largest absolute Gasteiger partial charge is 0.363 e. The van der Waals surface area contributed by atoms with Gasteiger partial charge in [-0.1, -0.05) is 17.7 Å². The van der Waals surface area contributed by atoms with Crippen molar-refractivity contribution in [1.29, 1.82) is 0 Å². The summed E-state index contributed by atoms with van der Waals surface area (Å²) in [6.07, 6.45) is 6.51. The zero-order chi connectivity index (χ0) is 25.8. The normalized spacial score (nSPS) is 21.1. The van der Waals surface area contributed by atoms with E-state index in [0.29, 0.717) is 41.6 Å². The Labute approximate surface area is 223 Å². The molecule has 6 heterocycles. The zero-order valence-corrected chi connectivity index (χ0v) is 22.1. The third-order valence-corrected chi connectivity index (χ3v) is 9.16. The third-order valence-electron chi connectivity index (χ3n) is 7.71. The molecule has 0 saturated carbocycles. The Hall–Kier alpha value is -2.40. The molecule has 7 nitrogen and oxygen atoms in total. The Balaban J connectivity index is 1.17. The number of halogens is 3. The van der Waals surface area contributed by atoms with E-state index in [2.05, 4.69) is 9.88 Å². The van der Waals surface area contributed by atoms with Gasteiger partial charge in [-0.15, -0.1) is 11.3 Å². The van der Waals surface area contributed by atoms with Crippen molar-refractivity contribution >= 4 is 28.8 Å². The second kappa shape index (κ2) is 9.41. The highest BCUT2D eigenvalue weighted by Crippen LogP contribution is 2.52. The Morgan fingerprint density at radius 2 is 2.00 bits per heavy atom. The van der Waals surface area contributed by atoms with Crippen LogP contribution in [0.4, 0.5) is 8.78 Å². The van der Waals surface area contributed by atoms with Crippen molar-refractivity contribution in [3.05, 3.63) is 62.2 Å². The van der Waals surface area contributed by atoms with Crippen LogP contribution in [0.25, 0.3) is 5.82 Å². The molecule has 1 amide bonds. The van der Waals surface area contributed by atoms with E-state index in [-0.39, 0.29) is 11.5 Å². The molecule has 3 aromatic heterocycles. The molecule has 3 aliphatic heterocycles. The second-order valence-electron chi connectivity index (χ2n) is 10.1. The summed E-state index contributed by atoms with van der Waals surface area (Å²) >= 11 is 7.35. The summed E-state index contributed by atoms with van der Waals surface area (Å²) in [5, 5.41) is 4.74. The number of carbonyl (C=O) groups excluding carboxylic acids is 1. The molecule has 3 aliphatic rings. The van der Waals surface area contributed by atoms with Gasteiger partial charge in [-0.05, 0) is 38.3 Å². The fourth-order valence-corrected chi connectivity index (χ4v) is 7.10. The smallest absolute Gasteiger partial charge is 0.297 e. The number of nitrogens with zero attached hydrogens (tertiary/aromatic N) is 5. The third kappa shape index (κ3) is 4.58. The van der Waals surface area contributed by atoms with Crippen LogP contribution in [0.3, 0.4) is 0 Å².